The molecule has 2 aromatic carbocycles. The molecule has 0 atom stereocenters. The molecule has 0 aromatic heterocycles. The van der Waals surface area contributed by atoms with Crippen molar-refractivity contribution < 1.29 is 17.4 Å². The molecule has 6 nitrogen and oxygen atoms in total. The molecule has 110 valence electrons. The number of carbonyl (C=O) groups excluding carboxylic acids is 1. The number of carbonyl (C=O) groups is 1. The molecular formula is C14H14N2O4S. The Kier molecular flexibility index (Phi) is 3.95. The molecular weight excluding hydrogens is 292 g/mol. The summed E-state index contributed by atoms with van der Waals surface area (Å²) in [5.74, 6) is -1.27. The van der Waals surface area contributed by atoms with Crippen molar-refractivity contribution >= 4 is 32.7 Å². The number of hydrogen-bond acceptors (Lipinski definition) is 5. The Hall–Kier alpha value is -2.41. The lowest BCUT2D eigenvalue weighted by atomic mass is 10.0. The summed E-state index contributed by atoms with van der Waals surface area (Å²) in [5.41, 5.74) is 6.53. The third kappa shape index (κ3) is 3.79. The van der Waals surface area contributed by atoms with Crippen molar-refractivity contribution in [3.8, 4) is 0 Å². The minimum atomic E-state index is -3.93. The summed E-state index contributed by atoms with van der Waals surface area (Å²) in [6, 6.07) is 10.3. The van der Waals surface area contributed by atoms with Gasteiger partial charge in [-0.25, -0.2) is 0 Å². The van der Waals surface area contributed by atoms with Crippen LogP contribution in [0.15, 0.2) is 36.4 Å². The Morgan fingerprint density at radius 2 is 1.81 bits per heavy atom. The van der Waals surface area contributed by atoms with Gasteiger partial charge in [0, 0.05) is 12.5 Å². The molecule has 0 unspecified atom stereocenters. The van der Waals surface area contributed by atoms with Gasteiger partial charge in [-0.3, -0.25) is 10.2 Å². The van der Waals surface area contributed by atoms with E-state index in [1.165, 1.54) is 0 Å². The average molecular weight is 306 g/mol. The molecule has 0 aliphatic rings. The van der Waals surface area contributed by atoms with E-state index in [-0.39, 0.29) is 11.6 Å². The Morgan fingerprint density at radius 1 is 1.19 bits per heavy atom. The predicted octanol–water partition coefficient (Wildman–Crippen LogP) is 1.52. The fourth-order valence-electron chi connectivity index (χ4n) is 1.96. The van der Waals surface area contributed by atoms with Crippen LogP contribution in [0.3, 0.4) is 0 Å². The van der Waals surface area contributed by atoms with Gasteiger partial charge in [0.05, 0.1) is 0 Å². The van der Waals surface area contributed by atoms with Crippen molar-refractivity contribution in [2.24, 2.45) is 5.73 Å². The summed E-state index contributed by atoms with van der Waals surface area (Å²) >= 11 is 0. The van der Waals surface area contributed by atoms with Crippen LogP contribution in [-0.4, -0.2) is 20.2 Å². The van der Waals surface area contributed by atoms with Crippen molar-refractivity contribution in [1.29, 1.82) is 5.41 Å². The molecule has 3 N–H and O–H groups in total. The summed E-state index contributed by atoms with van der Waals surface area (Å²) in [4.78, 5) is 10.7. The number of amidine groups is 1. The fraction of sp³-hybridized carbons (Fsp3) is 0.143. The van der Waals surface area contributed by atoms with Crippen LogP contribution in [0.5, 0.6) is 0 Å². The lowest BCUT2D eigenvalue weighted by molar-refractivity contribution is -0.131. The maximum Gasteiger partial charge on any atom is 0.319 e. The average Bonchev–Trinajstić information content (AvgIpc) is 2.35. The second-order valence-electron chi connectivity index (χ2n) is 4.59. The molecule has 21 heavy (non-hydrogen) atoms. The lowest BCUT2D eigenvalue weighted by Crippen LogP contribution is -2.12. The SMILES string of the molecule is CC(=O)OS(=O)(=O)Cc1ccc2cc(C(=N)N)ccc2c1. The van der Waals surface area contributed by atoms with Crippen LogP contribution in [0, 0.1) is 5.41 Å². The van der Waals surface area contributed by atoms with E-state index in [1.54, 1.807) is 36.4 Å². The van der Waals surface area contributed by atoms with Gasteiger partial charge in [0.2, 0.25) is 0 Å². The van der Waals surface area contributed by atoms with Crippen LogP contribution in [0.25, 0.3) is 10.8 Å². The third-order valence-electron chi connectivity index (χ3n) is 2.80. The van der Waals surface area contributed by atoms with Crippen LogP contribution in [-0.2, 0) is 24.8 Å². The zero-order chi connectivity index (χ0) is 15.6. The van der Waals surface area contributed by atoms with Gasteiger partial charge in [-0.1, -0.05) is 30.3 Å². The van der Waals surface area contributed by atoms with Gasteiger partial charge in [-0.15, -0.1) is 0 Å². The summed E-state index contributed by atoms with van der Waals surface area (Å²) in [7, 11) is -3.93. The number of fused-ring (bicyclic) bond motifs is 1. The van der Waals surface area contributed by atoms with Gasteiger partial charge in [-0.2, -0.15) is 8.42 Å². The number of rotatable bonds is 4. The van der Waals surface area contributed by atoms with E-state index in [1.807, 2.05) is 0 Å². The first-order chi connectivity index (χ1) is 9.77. The second-order valence-corrected chi connectivity index (χ2v) is 6.16. The van der Waals surface area contributed by atoms with Crippen molar-refractivity contribution in [3.05, 3.63) is 47.5 Å². The van der Waals surface area contributed by atoms with Crippen LogP contribution in [0.4, 0.5) is 0 Å². The molecule has 0 saturated carbocycles. The van der Waals surface area contributed by atoms with E-state index in [9.17, 15) is 13.2 Å². The van der Waals surface area contributed by atoms with Crippen LogP contribution >= 0.6 is 0 Å². The summed E-state index contributed by atoms with van der Waals surface area (Å²) in [5, 5.41) is 9.05. The monoisotopic (exact) mass is 306 g/mol. The van der Waals surface area contributed by atoms with Gasteiger partial charge in [-0.05, 0) is 22.4 Å². The quantitative estimate of drug-likeness (QED) is 0.505. The molecule has 0 aliphatic carbocycles. The van der Waals surface area contributed by atoms with Gasteiger partial charge in [0.25, 0.3) is 0 Å². The molecule has 2 aromatic rings. The summed E-state index contributed by atoms with van der Waals surface area (Å²) in [6.07, 6.45) is 0. The number of nitrogens with two attached hydrogens (primary N) is 1. The first-order valence-corrected chi connectivity index (χ1v) is 7.64. The highest BCUT2D eigenvalue weighted by atomic mass is 32.2. The minimum Gasteiger partial charge on any atom is -0.384 e. The Balaban J connectivity index is 2.34. The zero-order valence-electron chi connectivity index (χ0n) is 11.3. The van der Waals surface area contributed by atoms with Gasteiger partial charge >= 0.3 is 16.1 Å². The molecule has 0 saturated heterocycles. The van der Waals surface area contributed by atoms with Crippen molar-refractivity contribution in [3.63, 3.8) is 0 Å². The number of nitrogens with one attached hydrogen (secondary N) is 1. The van der Waals surface area contributed by atoms with E-state index in [2.05, 4.69) is 4.18 Å². The standard InChI is InChI=1S/C14H14N2O4S/c1-9(17)20-21(18,19)8-10-2-3-12-7-13(14(15)16)5-4-11(12)6-10/h2-7H,8H2,1H3,(H3,15,16). The third-order valence-corrected chi connectivity index (χ3v) is 3.98. The van der Waals surface area contributed by atoms with Gasteiger partial charge in [0.15, 0.2) is 0 Å². The maximum atomic E-state index is 11.6. The van der Waals surface area contributed by atoms with Crippen molar-refractivity contribution in [2.75, 3.05) is 0 Å². The first kappa shape index (κ1) is 15.0. The molecule has 0 radical (unpaired) electrons. The topological polar surface area (TPSA) is 110 Å². The lowest BCUT2D eigenvalue weighted by Gasteiger charge is -2.06. The van der Waals surface area contributed by atoms with E-state index >= 15 is 0 Å². The zero-order valence-corrected chi connectivity index (χ0v) is 12.1. The molecule has 2 rings (SSSR count). The second kappa shape index (κ2) is 5.53. The molecule has 0 heterocycles. The Bertz CT molecular complexity index is 828. The largest absolute Gasteiger partial charge is 0.384 e. The normalized spacial score (nSPS) is 11.3. The molecule has 0 spiro atoms. The highest BCUT2D eigenvalue weighted by molar-refractivity contribution is 7.86. The maximum absolute atomic E-state index is 11.6. The Morgan fingerprint density at radius 3 is 2.43 bits per heavy atom. The van der Waals surface area contributed by atoms with E-state index < -0.39 is 16.1 Å². The molecule has 7 heteroatoms. The van der Waals surface area contributed by atoms with Crippen molar-refractivity contribution in [2.45, 2.75) is 12.7 Å². The Labute approximate surface area is 122 Å². The summed E-state index contributed by atoms with van der Waals surface area (Å²) < 4.78 is 27.5. The molecule has 0 bridgehead atoms. The van der Waals surface area contributed by atoms with Gasteiger partial charge in [0.1, 0.15) is 11.6 Å². The molecule has 0 aliphatic heterocycles. The molecule has 0 fully saturated rings. The number of benzene rings is 2. The molecule has 0 amide bonds. The van der Waals surface area contributed by atoms with E-state index in [0.29, 0.717) is 11.1 Å². The van der Waals surface area contributed by atoms with Crippen molar-refractivity contribution in [1.82, 2.24) is 0 Å². The highest BCUT2D eigenvalue weighted by Gasteiger charge is 2.15. The van der Waals surface area contributed by atoms with Crippen LogP contribution in [0.1, 0.15) is 18.1 Å². The number of nitrogen functional groups attached to an aromatic ring is 1. The predicted molar refractivity (Wildman–Crippen MR) is 79.4 cm³/mol. The number of hydrogen-bond donors (Lipinski definition) is 2. The van der Waals surface area contributed by atoms with Crippen LogP contribution < -0.4 is 5.73 Å². The van der Waals surface area contributed by atoms with E-state index in [0.717, 1.165) is 17.7 Å². The minimum absolute atomic E-state index is 0.0292. The highest BCUT2D eigenvalue weighted by Crippen LogP contribution is 2.19. The van der Waals surface area contributed by atoms with Gasteiger partial charge < -0.3 is 9.92 Å². The smallest absolute Gasteiger partial charge is 0.319 e. The summed E-state index contributed by atoms with van der Waals surface area (Å²) in [6.45, 7) is 1.04. The van der Waals surface area contributed by atoms with Crippen LogP contribution in [0.2, 0.25) is 0 Å². The van der Waals surface area contributed by atoms with E-state index in [4.69, 9.17) is 11.1 Å². The first-order valence-electron chi connectivity index (χ1n) is 6.07. The fourth-order valence-corrected chi connectivity index (χ4v) is 2.97.